The second kappa shape index (κ2) is 4.88. The molecule has 1 aliphatic heterocycles. The fourth-order valence-electron chi connectivity index (χ4n) is 3.13. The molecule has 1 aromatic heterocycles. The van der Waals surface area contributed by atoms with E-state index in [1.54, 1.807) is 13.2 Å². The van der Waals surface area contributed by atoms with Crippen LogP contribution in [0, 0.1) is 0 Å². The normalized spacial score (nSPS) is 19.4. The minimum absolute atomic E-state index is 0.323. The van der Waals surface area contributed by atoms with Crippen LogP contribution in [-0.2, 0) is 12.0 Å². The van der Waals surface area contributed by atoms with E-state index in [1.807, 2.05) is 49.4 Å². The highest BCUT2D eigenvalue weighted by molar-refractivity contribution is 5.85. The van der Waals surface area contributed by atoms with Crippen LogP contribution < -0.4 is 15.1 Å². The van der Waals surface area contributed by atoms with Gasteiger partial charge < -0.3 is 13.9 Å². The molecule has 4 heteroatoms. The topological polar surface area (TPSA) is 48.7 Å². The van der Waals surface area contributed by atoms with E-state index >= 15 is 0 Å². The van der Waals surface area contributed by atoms with Crippen molar-refractivity contribution in [3.63, 3.8) is 0 Å². The highest BCUT2D eigenvalue weighted by Gasteiger charge is 2.40. The van der Waals surface area contributed by atoms with E-state index in [0.29, 0.717) is 23.3 Å². The van der Waals surface area contributed by atoms with Gasteiger partial charge in [-0.3, -0.25) is 0 Å². The van der Waals surface area contributed by atoms with Gasteiger partial charge in [0.15, 0.2) is 0 Å². The minimum Gasteiger partial charge on any atom is -0.497 e. The quantitative estimate of drug-likeness (QED) is 0.678. The Bertz CT molecular complexity index is 940. The molecule has 4 rings (SSSR count). The second-order valence-electron chi connectivity index (χ2n) is 5.93. The smallest absolute Gasteiger partial charge is 0.343 e. The van der Waals surface area contributed by atoms with Gasteiger partial charge in [-0.15, -0.1) is 0 Å². The summed E-state index contributed by atoms with van der Waals surface area (Å²) in [7, 11) is 1.63. The Morgan fingerprint density at radius 3 is 2.57 bits per heavy atom. The van der Waals surface area contributed by atoms with Gasteiger partial charge in [0.1, 0.15) is 22.7 Å². The van der Waals surface area contributed by atoms with E-state index in [0.717, 1.165) is 16.7 Å². The van der Waals surface area contributed by atoms with Gasteiger partial charge in [-0.1, -0.05) is 24.3 Å². The SMILES string of the molecule is COc1ccc(C2(C)Cc3c(c4ccccc4oc3=O)O2)cc1. The molecular formula is C19H16O4. The molecule has 3 aromatic rings. The van der Waals surface area contributed by atoms with Crippen molar-refractivity contribution in [3.8, 4) is 11.5 Å². The van der Waals surface area contributed by atoms with Gasteiger partial charge in [-0.05, 0) is 36.8 Å². The molecule has 2 heterocycles. The molecule has 0 aliphatic carbocycles. The summed E-state index contributed by atoms with van der Waals surface area (Å²) in [6, 6.07) is 15.2. The van der Waals surface area contributed by atoms with E-state index < -0.39 is 5.60 Å². The second-order valence-corrected chi connectivity index (χ2v) is 5.93. The van der Waals surface area contributed by atoms with Crippen LogP contribution in [-0.4, -0.2) is 7.11 Å². The first-order valence-electron chi connectivity index (χ1n) is 7.49. The number of methoxy groups -OCH3 is 1. The van der Waals surface area contributed by atoms with Crippen molar-refractivity contribution in [3.05, 3.63) is 70.1 Å². The molecule has 116 valence electrons. The monoisotopic (exact) mass is 308 g/mol. The molecule has 1 atom stereocenters. The lowest BCUT2D eigenvalue weighted by Gasteiger charge is -2.24. The van der Waals surface area contributed by atoms with Crippen molar-refractivity contribution >= 4 is 11.0 Å². The minimum atomic E-state index is -0.590. The van der Waals surface area contributed by atoms with E-state index in [9.17, 15) is 4.79 Å². The maximum absolute atomic E-state index is 12.3. The molecule has 0 N–H and O–H groups in total. The third-order valence-electron chi connectivity index (χ3n) is 4.40. The van der Waals surface area contributed by atoms with Gasteiger partial charge >= 0.3 is 5.63 Å². The van der Waals surface area contributed by atoms with Crippen LogP contribution in [0.3, 0.4) is 0 Å². The molecule has 0 fully saturated rings. The van der Waals surface area contributed by atoms with E-state index in [2.05, 4.69) is 0 Å². The maximum atomic E-state index is 12.3. The lowest BCUT2D eigenvalue weighted by molar-refractivity contribution is 0.117. The van der Waals surface area contributed by atoms with Crippen LogP contribution in [0.25, 0.3) is 11.0 Å². The van der Waals surface area contributed by atoms with Gasteiger partial charge in [-0.2, -0.15) is 0 Å². The zero-order valence-corrected chi connectivity index (χ0v) is 13.0. The molecule has 23 heavy (non-hydrogen) atoms. The summed E-state index contributed by atoms with van der Waals surface area (Å²) < 4.78 is 16.9. The Morgan fingerprint density at radius 1 is 1.09 bits per heavy atom. The zero-order chi connectivity index (χ0) is 16.0. The predicted molar refractivity (Wildman–Crippen MR) is 87.2 cm³/mol. The number of hydrogen-bond acceptors (Lipinski definition) is 4. The largest absolute Gasteiger partial charge is 0.497 e. The molecule has 2 aromatic carbocycles. The van der Waals surface area contributed by atoms with Crippen LogP contribution >= 0.6 is 0 Å². The average molecular weight is 308 g/mol. The van der Waals surface area contributed by atoms with Gasteiger partial charge in [0.25, 0.3) is 0 Å². The number of rotatable bonds is 2. The van der Waals surface area contributed by atoms with Crippen molar-refractivity contribution in [2.75, 3.05) is 7.11 Å². The van der Waals surface area contributed by atoms with E-state index in [1.165, 1.54) is 0 Å². The third kappa shape index (κ3) is 2.10. The number of hydrogen-bond donors (Lipinski definition) is 0. The molecule has 0 spiro atoms. The summed E-state index contributed by atoms with van der Waals surface area (Å²) in [5.74, 6) is 1.42. The number of fused-ring (bicyclic) bond motifs is 3. The summed E-state index contributed by atoms with van der Waals surface area (Å²) in [6.45, 7) is 1.99. The molecule has 0 radical (unpaired) electrons. The average Bonchev–Trinajstić information content (AvgIpc) is 2.95. The number of benzene rings is 2. The zero-order valence-electron chi connectivity index (χ0n) is 13.0. The Kier molecular flexibility index (Phi) is 2.94. The summed E-state index contributed by atoms with van der Waals surface area (Å²) in [4.78, 5) is 12.3. The highest BCUT2D eigenvalue weighted by atomic mass is 16.5. The standard InChI is InChI=1S/C19H16O4/c1-19(12-7-9-13(21-2)10-8-12)11-15-17(23-19)14-5-3-4-6-16(14)22-18(15)20/h3-10H,11H2,1-2H3. The van der Waals surface area contributed by atoms with Crippen molar-refractivity contribution in [2.45, 2.75) is 18.9 Å². The maximum Gasteiger partial charge on any atom is 0.343 e. The van der Waals surface area contributed by atoms with Crippen molar-refractivity contribution in [1.29, 1.82) is 0 Å². The highest BCUT2D eigenvalue weighted by Crippen LogP contribution is 2.43. The molecule has 4 nitrogen and oxygen atoms in total. The molecule has 1 unspecified atom stereocenters. The lowest BCUT2D eigenvalue weighted by atomic mass is 9.91. The lowest BCUT2D eigenvalue weighted by Crippen LogP contribution is -2.27. The van der Waals surface area contributed by atoms with Crippen molar-refractivity contribution < 1.29 is 13.9 Å². The van der Waals surface area contributed by atoms with Gasteiger partial charge in [0.05, 0.1) is 18.1 Å². The first kappa shape index (κ1) is 13.9. The Balaban J connectivity index is 1.83. The Hall–Kier alpha value is -2.75. The van der Waals surface area contributed by atoms with E-state index in [-0.39, 0.29) is 5.63 Å². The molecule has 0 bridgehead atoms. The van der Waals surface area contributed by atoms with Crippen LogP contribution in [0.1, 0.15) is 18.1 Å². The first-order chi connectivity index (χ1) is 11.1. The van der Waals surface area contributed by atoms with Gasteiger partial charge in [-0.25, -0.2) is 4.79 Å². The molecule has 0 amide bonds. The summed E-state index contributed by atoms with van der Waals surface area (Å²) >= 11 is 0. The van der Waals surface area contributed by atoms with Crippen LogP contribution in [0.2, 0.25) is 0 Å². The number of para-hydroxylation sites is 1. The molecular weight excluding hydrogens is 292 g/mol. The molecule has 0 saturated heterocycles. The number of ether oxygens (including phenoxy) is 2. The molecule has 0 saturated carbocycles. The van der Waals surface area contributed by atoms with Crippen LogP contribution in [0.4, 0.5) is 0 Å². The van der Waals surface area contributed by atoms with Crippen molar-refractivity contribution in [2.24, 2.45) is 0 Å². The molecule has 1 aliphatic rings. The fourth-order valence-corrected chi connectivity index (χ4v) is 3.13. The third-order valence-corrected chi connectivity index (χ3v) is 4.40. The van der Waals surface area contributed by atoms with Crippen LogP contribution in [0.5, 0.6) is 11.5 Å². The van der Waals surface area contributed by atoms with Crippen LogP contribution in [0.15, 0.2) is 57.7 Å². The van der Waals surface area contributed by atoms with Gasteiger partial charge in [0.2, 0.25) is 0 Å². The summed E-state index contributed by atoms with van der Waals surface area (Å²) in [5.41, 5.74) is 1.24. The predicted octanol–water partition coefficient (Wildman–Crippen LogP) is 3.65. The fraction of sp³-hybridized carbons (Fsp3) is 0.211. The Morgan fingerprint density at radius 2 is 1.83 bits per heavy atom. The van der Waals surface area contributed by atoms with E-state index in [4.69, 9.17) is 13.9 Å². The summed E-state index contributed by atoms with van der Waals surface area (Å²) in [6.07, 6.45) is 0.488. The summed E-state index contributed by atoms with van der Waals surface area (Å²) in [5, 5.41) is 0.833. The van der Waals surface area contributed by atoms with Crippen molar-refractivity contribution in [1.82, 2.24) is 0 Å². The first-order valence-corrected chi connectivity index (χ1v) is 7.49. The Labute approximate surface area is 133 Å². The van der Waals surface area contributed by atoms with Gasteiger partial charge in [0, 0.05) is 6.42 Å².